The highest BCUT2D eigenvalue weighted by Crippen LogP contribution is 2.25. The number of benzene rings is 1. The van der Waals surface area contributed by atoms with E-state index in [4.69, 9.17) is 28.5 Å². The molecule has 1 aromatic rings. The average Bonchev–Trinajstić information content (AvgIpc) is 2.36. The summed E-state index contributed by atoms with van der Waals surface area (Å²) in [5.41, 5.74) is 6.29. The maximum absolute atomic E-state index is 11.6. The normalized spacial score (nSPS) is 11.4. The van der Waals surface area contributed by atoms with Gasteiger partial charge < -0.3 is 15.8 Å². The molecule has 1 aromatic carbocycles. The molecule has 0 heterocycles. The summed E-state index contributed by atoms with van der Waals surface area (Å²) in [5.74, 6) is 2.65. The summed E-state index contributed by atoms with van der Waals surface area (Å²) >= 11 is 6.04. The molecule has 0 saturated heterocycles. The minimum absolute atomic E-state index is 0.200. The number of carbonyl (C=O) groups excluding carboxylic acids is 1. The van der Waals surface area contributed by atoms with E-state index >= 15 is 0 Å². The van der Waals surface area contributed by atoms with Gasteiger partial charge in [0.2, 0.25) is 5.91 Å². The molecule has 0 fully saturated rings. The van der Waals surface area contributed by atoms with E-state index in [9.17, 15) is 4.79 Å². The first-order chi connectivity index (χ1) is 8.60. The van der Waals surface area contributed by atoms with Crippen LogP contribution in [0.3, 0.4) is 0 Å². The molecule has 0 aliphatic rings. The van der Waals surface area contributed by atoms with E-state index in [1.165, 1.54) is 0 Å². The number of ether oxygens (including phenoxy) is 1. The molecule has 0 aliphatic heterocycles. The van der Waals surface area contributed by atoms with Crippen molar-refractivity contribution in [1.29, 1.82) is 0 Å². The van der Waals surface area contributed by atoms with E-state index in [0.717, 1.165) is 0 Å². The Morgan fingerprint density at radius 1 is 1.67 bits per heavy atom. The van der Waals surface area contributed by atoms with Gasteiger partial charge in [-0.15, -0.1) is 12.3 Å². The number of methoxy groups -OCH3 is 1. The molecule has 0 aromatic heterocycles. The number of rotatable bonds is 5. The van der Waals surface area contributed by atoms with Crippen LogP contribution in [0.1, 0.15) is 12.0 Å². The fraction of sp³-hybridized carbons (Fsp3) is 0.308. The molecule has 5 heteroatoms. The summed E-state index contributed by atoms with van der Waals surface area (Å²) in [6, 6.07) is 4.57. The Balaban J connectivity index is 2.69. The molecular formula is C13H15ClN2O2. The Morgan fingerprint density at radius 3 is 3.00 bits per heavy atom. The lowest BCUT2D eigenvalue weighted by Crippen LogP contribution is -2.40. The first kappa shape index (κ1) is 14.4. The number of carbonyl (C=O) groups is 1. The third kappa shape index (κ3) is 3.66. The van der Waals surface area contributed by atoms with Crippen molar-refractivity contribution >= 4 is 17.5 Å². The molecule has 1 rings (SSSR count). The van der Waals surface area contributed by atoms with Crippen LogP contribution < -0.4 is 15.8 Å². The van der Waals surface area contributed by atoms with Crippen LogP contribution in [0, 0.1) is 12.3 Å². The number of nitrogens with two attached hydrogens (primary N) is 1. The maximum Gasteiger partial charge on any atom is 0.238 e. The number of amides is 1. The van der Waals surface area contributed by atoms with Gasteiger partial charge in [-0.1, -0.05) is 17.7 Å². The predicted molar refractivity (Wildman–Crippen MR) is 71.3 cm³/mol. The minimum Gasteiger partial charge on any atom is -0.496 e. The Bertz CT molecular complexity index is 469. The van der Waals surface area contributed by atoms with Crippen molar-refractivity contribution in [2.75, 3.05) is 7.11 Å². The van der Waals surface area contributed by atoms with Gasteiger partial charge in [0.15, 0.2) is 0 Å². The van der Waals surface area contributed by atoms with Crippen molar-refractivity contribution in [2.45, 2.75) is 19.0 Å². The monoisotopic (exact) mass is 266 g/mol. The van der Waals surface area contributed by atoms with Crippen LogP contribution in [0.15, 0.2) is 18.2 Å². The first-order valence-electron chi connectivity index (χ1n) is 5.38. The van der Waals surface area contributed by atoms with Crippen LogP contribution in [-0.4, -0.2) is 19.1 Å². The van der Waals surface area contributed by atoms with Crippen LogP contribution in [-0.2, 0) is 11.3 Å². The van der Waals surface area contributed by atoms with Gasteiger partial charge in [0.25, 0.3) is 0 Å². The first-order valence-corrected chi connectivity index (χ1v) is 5.76. The average molecular weight is 267 g/mol. The summed E-state index contributed by atoms with van der Waals surface area (Å²) in [6.07, 6.45) is 5.29. The molecule has 0 bridgehead atoms. The number of terminal acetylenes is 1. The van der Waals surface area contributed by atoms with Crippen LogP contribution in [0.2, 0.25) is 5.02 Å². The van der Waals surface area contributed by atoms with Crippen molar-refractivity contribution in [1.82, 2.24) is 5.32 Å². The zero-order valence-electron chi connectivity index (χ0n) is 10.1. The number of halogens is 1. The second kappa shape index (κ2) is 6.90. The molecule has 0 aliphatic carbocycles. The SMILES string of the molecule is C#CCC(N)C(=O)NCc1c(Cl)cccc1OC. The number of nitrogens with one attached hydrogen (secondary N) is 1. The van der Waals surface area contributed by atoms with Crippen molar-refractivity contribution in [2.24, 2.45) is 5.73 Å². The Kier molecular flexibility index (Phi) is 5.50. The van der Waals surface area contributed by atoms with Crippen molar-refractivity contribution < 1.29 is 9.53 Å². The van der Waals surface area contributed by atoms with Gasteiger partial charge in [-0.25, -0.2) is 0 Å². The molecule has 4 nitrogen and oxygen atoms in total. The fourth-order valence-corrected chi connectivity index (χ4v) is 1.66. The fourth-order valence-electron chi connectivity index (χ4n) is 1.43. The maximum atomic E-state index is 11.6. The van der Waals surface area contributed by atoms with Crippen molar-refractivity contribution in [3.8, 4) is 18.1 Å². The van der Waals surface area contributed by atoms with Crippen molar-refractivity contribution in [3.05, 3.63) is 28.8 Å². The highest BCUT2D eigenvalue weighted by molar-refractivity contribution is 6.31. The van der Waals surface area contributed by atoms with E-state index < -0.39 is 6.04 Å². The smallest absolute Gasteiger partial charge is 0.238 e. The van der Waals surface area contributed by atoms with Gasteiger partial charge in [-0.05, 0) is 12.1 Å². The molecule has 0 radical (unpaired) electrons. The van der Waals surface area contributed by atoms with E-state index in [1.54, 1.807) is 25.3 Å². The van der Waals surface area contributed by atoms with E-state index in [1.807, 2.05) is 0 Å². The Morgan fingerprint density at radius 2 is 2.39 bits per heavy atom. The quantitative estimate of drug-likeness (QED) is 0.790. The molecule has 3 N–H and O–H groups in total. The highest BCUT2D eigenvalue weighted by Gasteiger charge is 2.14. The van der Waals surface area contributed by atoms with Gasteiger partial charge in [0.05, 0.1) is 13.2 Å². The molecule has 96 valence electrons. The van der Waals surface area contributed by atoms with E-state index in [-0.39, 0.29) is 18.9 Å². The molecule has 18 heavy (non-hydrogen) atoms. The summed E-state index contributed by atoms with van der Waals surface area (Å²) in [5, 5.41) is 3.20. The highest BCUT2D eigenvalue weighted by atomic mass is 35.5. The topological polar surface area (TPSA) is 64.4 Å². The van der Waals surface area contributed by atoms with E-state index in [0.29, 0.717) is 16.3 Å². The molecule has 0 saturated carbocycles. The lowest BCUT2D eigenvalue weighted by molar-refractivity contribution is -0.122. The van der Waals surface area contributed by atoms with Gasteiger partial charge in [0.1, 0.15) is 5.75 Å². The lowest BCUT2D eigenvalue weighted by Gasteiger charge is -2.13. The molecule has 1 atom stereocenters. The van der Waals surface area contributed by atoms with Crippen LogP contribution >= 0.6 is 11.6 Å². The van der Waals surface area contributed by atoms with Crippen LogP contribution in [0.5, 0.6) is 5.75 Å². The van der Waals surface area contributed by atoms with Gasteiger partial charge in [-0.2, -0.15) is 0 Å². The van der Waals surface area contributed by atoms with E-state index in [2.05, 4.69) is 11.2 Å². The standard InChI is InChI=1S/C13H15ClN2O2/c1-3-5-11(15)13(17)16-8-9-10(14)6-4-7-12(9)18-2/h1,4,6-7,11H,5,8,15H2,2H3,(H,16,17). The summed E-state index contributed by atoms with van der Waals surface area (Å²) in [4.78, 5) is 11.6. The summed E-state index contributed by atoms with van der Waals surface area (Å²) in [6.45, 7) is 0.250. The van der Waals surface area contributed by atoms with Crippen LogP contribution in [0.4, 0.5) is 0 Å². The molecule has 0 spiro atoms. The number of hydrogen-bond acceptors (Lipinski definition) is 3. The Labute approximate surface area is 111 Å². The summed E-state index contributed by atoms with van der Waals surface area (Å²) < 4.78 is 5.17. The summed E-state index contributed by atoms with van der Waals surface area (Å²) in [7, 11) is 1.54. The van der Waals surface area contributed by atoms with Gasteiger partial charge in [-0.3, -0.25) is 4.79 Å². The molecule has 1 amide bonds. The zero-order chi connectivity index (χ0) is 13.5. The second-order valence-electron chi connectivity index (χ2n) is 3.65. The van der Waals surface area contributed by atoms with Gasteiger partial charge >= 0.3 is 0 Å². The Hall–Kier alpha value is -1.70. The van der Waals surface area contributed by atoms with Crippen molar-refractivity contribution in [3.63, 3.8) is 0 Å². The third-order valence-electron chi connectivity index (χ3n) is 2.41. The minimum atomic E-state index is -0.705. The molecular weight excluding hydrogens is 252 g/mol. The lowest BCUT2D eigenvalue weighted by atomic mass is 10.1. The van der Waals surface area contributed by atoms with Crippen LogP contribution in [0.25, 0.3) is 0 Å². The molecule has 1 unspecified atom stereocenters. The largest absolute Gasteiger partial charge is 0.496 e. The zero-order valence-corrected chi connectivity index (χ0v) is 10.8. The third-order valence-corrected chi connectivity index (χ3v) is 2.76. The number of hydrogen-bond donors (Lipinski definition) is 2. The second-order valence-corrected chi connectivity index (χ2v) is 4.06. The predicted octanol–water partition coefficient (Wildman–Crippen LogP) is 1.32. The van der Waals surface area contributed by atoms with Gasteiger partial charge in [0, 0.05) is 23.6 Å².